The number of carbonyl (C=O) groups is 1. The Labute approximate surface area is 104 Å². The molecule has 106 valence electrons. The van der Waals surface area contributed by atoms with Crippen LogP contribution in [0.15, 0.2) is 0 Å². The van der Waals surface area contributed by atoms with Gasteiger partial charge in [0, 0.05) is 12.1 Å². The van der Waals surface area contributed by atoms with Crippen LogP contribution >= 0.6 is 0 Å². The van der Waals surface area contributed by atoms with Crippen LogP contribution in [0.25, 0.3) is 0 Å². The third-order valence-electron chi connectivity index (χ3n) is 2.91. The minimum Gasteiger partial charge on any atom is -0.362 e. The number of halogens is 3. The van der Waals surface area contributed by atoms with Crippen LogP contribution in [-0.4, -0.2) is 37.4 Å². The average Bonchev–Trinajstić information content (AvgIpc) is 2.42. The van der Waals surface area contributed by atoms with Crippen molar-refractivity contribution in [3.63, 3.8) is 0 Å². The molecule has 2 unspecified atom stereocenters. The van der Waals surface area contributed by atoms with Crippen molar-refractivity contribution in [3.05, 3.63) is 0 Å². The van der Waals surface area contributed by atoms with Crippen LogP contribution in [0.1, 0.15) is 32.1 Å². The summed E-state index contributed by atoms with van der Waals surface area (Å²) in [5.41, 5.74) is 5.89. The lowest BCUT2D eigenvalue weighted by Crippen LogP contribution is -2.48. The number of alkyl halides is 3. The minimum absolute atomic E-state index is 0.126. The van der Waals surface area contributed by atoms with E-state index >= 15 is 0 Å². The number of amides is 1. The molecule has 0 aromatic carbocycles. The van der Waals surface area contributed by atoms with E-state index in [-0.39, 0.29) is 12.1 Å². The van der Waals surface area contributed by atoms with Gasteiger partial charge < -0.3 is 15.8 Å². The number of rotatable bonds is 4. The van der Waals surface area contributed by atoms with Gasteiger partial charge in [-0.3, -0.25) is 4.79 Å². The number of carbonyl (C=O) groups excluding carboxylic acids is 1. The number of nitrogens with one attached hydrogen (secondary N) is 1. The minimum atomic E-state index is -4.40. The Hall–Kier alpha value is -0.820. The van der Waals surface area contributed by atoms with Gasteiger partial charge in [-0.15, -0.1) is 0 Å². The van der Waals surface area contributed by atoms with Gasteiger partial charge in [-0.2, -0.15) is 13.2 Å². The predicted octanol–water partition coefficient (Wildman–Crippen LogP) is 1.34. The molecular formula is C11H19F3N2O2. The number of hydrogen-bond acceptors (Lipinski definition) is 3. The molecule has 0 saturated heterocycles. The summed E-state index contributed by atoms with van der Waals surface area (Å²) >= 11 is 0. The summed E-state index contributed by atoms with van der Waals surface area (Å²) in [6, 6.07) is -0.284. The molecule has 1 rings (SSSR count). The van der Waals surface area contributed by atoms with E-state index < -0.39 is 25.3 Å². The van der Waals surface area contributed by atoms with Crippen LogP contribution in [0.4, 0.5) is 13.2 Å². The van der Waals surface area contributed by atoms with E-state index in [1.54, 1.807) is 0 Å². The molecule has 0 bridgehead atoms. The fraction of sp³-hybridized carbons (Fsp3) is 0.909. The van der Waals surface area contributed by atoms with Crippen molar-refractivity contribution in [3.8, 4) is 0 Å². The molecule has 2 atom stereocenters. The van der Waals surface area contributed by atoms with Crippen molar-refractivity contribution in [1.82, 2.24) is 5.32 Å². The summed E-state index contributed by atoms with van der Waals surface area (Å²) in [5, 5.41) is 2.64. The van der Waals surface area contributed by atoms with E-state index in [0.717, 1.165) is 32.1 Å². The molecule has 0 aliphatic heterocycles. The first-order valence-corrected chi connectivity index (χ1v) is 6.08. The Morgan fingerprint density at radius 1 is 1.28 bits per heavy atom. The molecule has 18 heavy (non-hydrogen) atoms. The highest BCUT2D eigenvalue weighted by Crippen LogP contribution is 2.17. The maximum Gasteiger partial charge on any atom is 0.411 e. The van der Waals surface area contributed by atoms with Gasteiger partial charge in [-0.1, -0.05) is 19.3 Å². The van der Waals surface area contributed by atoms with Gasteiger partial charge in [0.25, 0.3) is 0 Å². The second-order valence-electron chi connectivity index (χ2n) is 4.58. The maximum absolute atomic E-state index is 11.8. The normalized spacial score (nSPS) is 25.6. The lowest BCUT2D eigenvalue weighted by molar-refractivity contribution is -0.175. The first-order valence-electron chi connectivity index (χ1n) is 6.08. The van der Waals surface area contributed by atoms with Crippen molar-refractivity contribution in [2.45, 2.75) is 50.4 Å². The highest BCUT2D eigenvalue weighted by molar-refractivity contribution is 5.77. The lowest BCUT2D eigenvalue weighted by atomic mass is 10.0. The lowest BCUT2D eigenvalue weighted by Gasteiger charge is -2.22. The highest BCUT2D eigenvalue weighted by Gasteiger charge is 2.28. The molecule has 7 heteroatoms. The maximum atomic E-state index is 11.8. The first kappa shape index (κ1) is 15.2. The first-order chi connectivity index (χ1) is 8.38. The number of hydrogen-bond donors (Lipinski definition) is 2. The van der Waals surface area contributed by atoms with Gasteiger partial charge in [-0.05, 0) is 12.8 Å². The van der Waals surface area contributed by atoms with Crippen LogP contribution in [0, 0.1) is 0 Å². The predicted molar refractivity (Wildman–Crippen MR) is 59.9 cm³/mol. The standard InChI is InChI=1S/C11H19F3N2O2/c12-11(13,14)7-18-6-10(17)16-9-5-3-1-2-4-8(9)15/h8-9H,1-7,15H2,(H,16,17). The van der Waals surface area contributed by atoms with Crippen LogP contribution in [0.5, 0.6) is 0 Å². The summed E-state index contributed by atoms with van der Waals surface area (Å²) in [7, 11) is 0. The van der Waals surface area contributed by atoms with E-state index in [9.17, 15) is 18.0 Å². The molecule has 1 saturated carbocycles. The Morgan fingerprint density at radius 3 is 2.61 bits per heavy atom. The van der Waals surface area contributed by atoms with Crippen molar-refractivity contribution in [2.24, 2.45) is 5.73 Å². The van der Waals surface area contributed by atoms with Gasteiger partial charge in [-0.25, -0.2) is 0 Å². The van der Waals surface area contributed by atoms with Gasteiger partial charge in [0.2, 0.25) is 5.91 Å². The van der Waals surface area contributed by atoms with E-state index in [1.807, 2.05) is 0 Å². The Balaban J connectivity index is 2.26. The molecular weight excluding hydrogens is 249 g/mol. The Bertz CT molecular complexity index is 272. The van der Waals surface area contributed by atoms with Crippen LogP contribution in [0.2, 0.25) is 0 Å². The number of ether oxygens (including phenoxy) is 1. The summed E-state index contributed by atoms with van der Waals surface area (Å²) in [6.07, 6.45) is 0.268. The van der Waals surface area contributed by atoms with Crippen molar-refractivity contribution < 1.29 is 22.7 Å². The van der Waals surface area contributed by atoms with Gasteiger partial charge >= 0.3 is 6.18 Å². The fourth-order valence-corrected chi connectivity index (χ4v) is 2.02. The van der Waals surface area contributed by atoms with E-state index in [4.69, 9.17) is 5.73 Å². The second kappa shape index (κ2) is 6.94. The SMILES string of the molecule is NC1CCCCCC1NC(=O)COCC(F)(F)F. The summed E-state index contributed by atoms with van der Waals surface area (Å²) in [5.74, 6) is -0.540. The second-order valence-corrected chi connectivity index (χ2v) is 4.58. The Morgan fingerprint density at radius 2 is 1.94 bits per heavy atom. The van der Waals surface area contributed by atoms with E-state index in [0.29, 0.717) is 0 Å². The van der Waals surface area contributed by atoms with Crippen LogP contribution < -0.4 is 11.1 Å². The quantitative estimate of drug-likeness (QED) is 0.756. The zero-order valence-corrected chi connectivity index (χ0v) is 10.1. The molecule has 1 amide bonds. The molecule has 3 N–H and O–H groups in total. The highest BCUT2D eigenvalue weighted by atomic mass is 19.4. The summed E-state index contributed by atoms with van der Waals surface area (Å²) < 4.78 is 39.7. The molecule has 1 aliphatic rings. The fourth-order valence-electron chi connectivity index (χ4n) is 2.02. The smallest absolute Gasteiger partial charge is 0.362 e. The van der Waals surface area contributed by atoms with Crippen LogP contribution in [0.3, 0.4) is 0 Å². The van der Waals surface area contributed by atoms with Crippen LogP contribution in [-0.2, 0) is 9.53 Å². The molecule has 0 heterocycles. The molecule has 0 aromatic rings. The van der Waals surface area contributed by atoms with E-state index in [2.05, 4.69) is 10.1 Å². The third kappa shape index (κ3) is 6.20. The zero-order chi connectivity index (χ0) is 13.6. The van der Waals surface area contributed by atoms with Gasteiger partial charge in [0.05, 0.1) is 0 Å². The molecule has 1 aliphatic carbocycles. The molecule has 4 nitrogen and oxygen atoms in total. The molecule has 0 radical (unpaired) electrons. The molecule has 0 aromatic heterocycles. The average molecular weight is 268 g/mol. The van der Waals surface area contributed by atoms with Gasteiger partial charge in [0.15, 0.2) is 0 Å². The van der Waals surface area contributed by atoms with Crippen molar-refractivity contribution in [2.75, 3.05) is 13.2 Å². The van der Waals surface area contributed by atoms with Crippen molar-refractivity contribution >= 4 is 5.91 Å². The van der Waals surface area contributed by atoms with Crippen molar-refractivity contribution in [1.29, 1.82) is 0 Å². The molecule has 0 spiro atoms. The Kier molecular flexibility index (Phi) is 5.87. The zero-order valence-electron chi connectivity index (χ0n) is 10.1. The third-order valence-corrected chi connectivity index (χ3v) is 2.91. The van der Waals surface area contributed by atoms with E-state index in [1.165, 1.54) is 0 Å². The topological polar surface area (TPSA) is 64.3 Å². The monoisotopic (exact) mass is 268 g/mol. The summed E-state index contributed by atoms with van der Waals surface area (Å²) in [4.78, 5) is 11.4. The summed E-state index contributed by atoms with van der Waals surface area (Å²) in [6.45, 7) is -1.99. The number of nitrogens with two attached hydrogens (primary N) is 1. The largest absolute Gasteiger partial charge is 0.411 e. The van der Waals surface area contributed by atoms with Gasteiger partial charge in [0.1, 0.15) is 13.2 Å². The molecule has 1 fully saturated rings.